The maximum absolute atomic E-state index is 11.0. The highest BCUT2D eigenvalue weighted by Gasteiger charge is 2.16. The van der Waals surface area contributed by atoms with Gasteiger partial charge in [0.1, 0.15) is 18.0 Å². The van der Waals surface area contributed by atoms with E-state index in [0.29, 0.717) is 13.0 Å². The molecule has 0 radical (unpaired) electrons. The van der Waals surface area contributed by atoms with E-state index in [1.807, 2.05) is 6.07 Å². The fourth-order valence-corrected chi connectivity index (χ4v) is 1.89. The van der Waals surface area contributed by atoms with Crippen LogP contribution in [0.2, 0.25) is 0 Å². The maximum atomic E-state index is 11.0. The minimum Gasteiger partial charge on any atom is -0.469 e. The molecule has 2 N–H and O–H groups in total. The number of carbonyl (C=O) groups excluding carboxylic acids is 1. The fraction of sp³-hybridized carbons (Fsp3) is 0.615. The molecule has 1 fully saturated rings. The molecule has 0 bridgehead atoms. The van der Waals surface area contributed by atoms with Crippen LogP contribution < -0.4 is 10.6 Å². The molecule has 6 nitrogen and oxygen atoms in total. The molecule has 1 aromatic rings. The Morgan fingerprint density at radius 1 is 1.37 bits per heavy atom. The Morgan fingerprint density at radius 3 is 2.74 bits per heavy atom. The van der Waals surface area contributed by atoms with Gasteiger partial charge in [-0.25, -0.2) is 9.97 Å². The van der Waals surface area contributed by atoms with Crippen molar-refractivity contribution >= 4 is 17.6 Å². The molecule has 0 saturated heterocycles. The van der Waals surface area contributed by atoms with Crippen molar-refractivity contribution in [1.82, 2.24) is 9.97 Å². The van der Waals surface area contributed by atoms with Crippen molar-refractivity contribution in [1.29, 1.82) is 0 Å². The molecule has 1 aromatic heterocycles. The molecular formula is C13H20N4O2. The van der Waals surface area contributed by atoms with Crippen molar-refractivity contribution in [3.8, 4) is 0 Å². The lowest BCUT2D eigenvalue weighted by Crippen LogP contribution is -2.21. The van der Waals surface area contributed by atoms with Crippen LogP contribution in [0.5, 0.6) is 0 Å². The van der Waals surface area contributed by atoms with Crippen LogP contribution in [-0.4, -0.2) is 36.1 Å². The average Bonchev–Trinajstić information content (AvgIpc) is 2.37. The lowest BCUT2D eigenvalue weighted by molar-refractivity contribution is -0.140. The van der Waals surface area contributed by atoms with E-state index < -0.39 is 0 Å². The van der Waals surface area contributed by atoms with E-state index in [1.54, 1.807) is 0 Å². The Bertz CT molecular complexity index is 421. The van der Waals surface area contributed by atoms with Gasteiger partial charge in [-0.15, -0.1) is 0 Å². The summed E-state index contributed by atoms with van der Waals surface area (Å²) >= 11 is 0. The summed E-state index contributed by atoms with van der Waals surface area (Å²) in [5.74, 6) is 2.09. The van der Waals surface area contributed by atoms with E-state index >= 15 is 0 Å². The Labute approximate surface area is 113 Å². The first-order valence-corrected chi connectivity index (χ1v) is 6.64. The molecule has 0 unspecified atom stereocenters. The number of hydrogen-bond donors (Lipinski definition) is 2. The monoisotopic (exact) mass is 264 g/mol. The number of hydrogen-bond acceptors (Lipinski definition) is 6. The number of nitrogens with one attached hydrogen (secondary N) is 2. The van der Waals surface area contributed by atoms with Crippen molar-refractivity contribution in [3.63, 3.8) is 0 Å². The fourth-order valence-electron chi connectivity index (χ4n) is 1.89. The summed E-state index contributed by atoms with van der Waals surface area (Å²) < 4.78 is 4.57. The number of carbonyl (C=O) groups is 1. The van der Waals surface area contributed by atoms with Crippen molar-refractivity contribution in [3.05, 3.63) is 12.4 Å². The summed E-state index contributed by atoms with van der Waals surface area (Å²) in [6.45, 7) is 1.48. The number of methoxy groups -OCH3 is 1. The normalized spacial score (nSPS) is 14.6. The smallest absolute Gasteiger partial charge is 0.307 e. The minimum atomic E-state index is -0.232. The molecule has 0 aromatic carbocycles. The topological polar surface area (TPSA) is 76.1 Å². The third-order valence-corrected chi connectivity index (χ3v) is 3.33. The van der Waals surface area contributed by atoms with Gasteiger partial charge in [-0.05, 0) is 18.8 Å². The maximum Gasteiger partial charge on any atom is 0.307 e. The first kappa shape index (κ1) is 13.6. The van der Waals surface area contributed by atoms with Crippen LogP contribution in [0.25, 0.3) is 0 Å². The van der Waals surface area contributed by atoms with Crippen molar-refractivity contribution in [2.45, 2.75) is 25.7 Å². The van der Waals surface area contributed by atoms with Crippen molar-refractivity contribution in [2.24, 2.45) is 5.92 Å². The van der Waals surface area contributed by atoms with Gasteiger partial charge in [-0.2, -0.15) is 0 Å². The first-order valence-electron chi connectivity index (χ1n) is 6.64. The van der Waals surface area contributed by atoms with Gasteiger partial charge in [0.15, 0.2) is 0 Å². The van der Waals surface area contributed by atoms with E-state index in [2.05, 4.69) is 25.3 Å². The van der Waals surface area contributed by atoms with Gasteiger partial charge in [0, 0.05) is 19.2 Å². The summed E-state index contributed by atoms with van der Waals surface area (Å²) in [5, 5.41) is 6.39. The Kier molecular flexibility index (Phi) is 4.94. The van der Waals surface area contributed by atoms with Crippen molar-refractivity contribution < 1.29 is 9.53 Å². The van der Waals surface area contributed by atoms with Gasteiger partial charge < -0.3 is 15.4 Å². The molecule has 0 amide bonds. The van der Waals surface area contributed by atoms with Crippen LogP contribution in [-0.2, 0) is 9.53 Å². The van der Waals surface area contributed by atoms with E-state index in [9.17, 15) is 4.79 Å². The highest BCUT2D eigenvalue weighted by molar-refractivity contribution is 5.69. The van der Waals surface area contributed by atoms with E-state index in [-0.39, 0.29) is 5.97 Å². The van der Waals surface area contributed by atoms with E-state index in [0.717, 1.165) is 24.1 Å². The second kappa shape index (κ2) is 6.92. The zero-order valence-corrected chi connectivity index (χ0v) is 11.2. The summed E-state index contributed by atoms with van der Waals surface area (Å²) in [4.78, 5) is 19.3. The largest absolute Gasteiger partial charge is 0.469 e. The second-order valence-corrected chi connectivity index (χ2v) is 4.72. The van der Waals surface area contributed by atoms with Crippen LogP contribution >= 0.6 is 0 Å². The number of ether oxygens (including phenoxy) is 1. The number of esters is 1. The van der Waals surface area contributed by atoms with Gasteiger partial charge in [-0.3, -0.25) is 4.79 Å². The zero-order chi connectivity index (χ0) is 13.5. The molecule has 1 aliphatic rings. The molecule has 2 rings (SSSR count). The molecule has 0 atom stereocenters. The molecule has 1 aliphatic carbocycles. The Balaban J connectivity index is 1.75. The number of nitrogens with zero attached hydrogens (tertiary/aromatic N) is 2. The summed E-state index contributed by atoms with van der Waals surface area (Å²) in [6.07, 6.45) is 5.80. The third kappa shape index (κ3) is 4.39. The van der Waals surface area contributed by atoms with Crippen LogP contribution in [0, 0.1) is 5.92 Å². The average molecular weight is 264 g/mol. The predicted octanol–water partition coefficient (Wildman–Crippen LogP) is 1.66. The predicted molar refractivity (Wildman–Crippen MR) is 73.0 cm³/mol. The zero-order valence-electron chi connectivity index (χ0n) is 11.2. The number of anilines is 2. The molecule has 0 aliphatic heterocycles. The van der Waals surface area contributed by atoms with Gasteiger partial charge >= 0.3 is 5.97 Å². The van der Waals surface area contributed by atoms with Gasteiger partial charge in [0.25, 0.3) is 0 Å². The second-order valence-electron chi connectivity index (χ2n) is 4.72. The molecule has 104 valence electrons. The van der Waals surface area contributed by atoms with Crippen LogP contribution in [0.4, 0.5) is 11.6 Å². The molecule has 1 heterocycles. The molecule has 6 heteroatoms. The van der Waals surface area contributed by atoms with Crippen LogP contribution in [0.3, 0.4) is 0 Å². The summed E-state index contributed by atoms with van der Waals surface area (Å²) in [5.41, 5.74) is 0. The molecule has 1 saturated carbocycles. The van der Waals surface area contributed by atoms with Crippen LogP contribution in [0.15, 0.2) is 12.4 Å². The minimum absolute atomic E-state index is 0.232. The highest BCUT2D eigenvalue weighted by atomic mass is 16.5. The van der Waals surface area contributed by atoms with E-state index in [1.165, 1.54) is 32.7 Å². The van der Waals surface area contributed by atoms with Gasteiger partial charge in [0.05, 0.1) is 13.5 Å². The van der Waals surface area contributed by atoms with Gasteiger partial charge in [-0.1, -0.05) is 6.42 Å². The van der Waals surface area contributed by atoms with E-state index in [4.69, 9.17) is 0 Å². The third-order valence-electron chi connectivity index (χ3n) is 3.33. The number of rotatable bonds is 7. The SMILES string of the molecule is COC(=O)CCNc1cc(NCC2CCC2)ncn1. The molecular weight excluding hydrogens is 244 g/mol. The summed E-state index contributed by atoms with van der Waals surface area (Å²) in [6, 6.07) is 1.86. The molecule has 0 spiro atoms. The molecule has 19 heavy (non-hydrogen) atoms. The summed E-state index contributed by atoms with van der Waals surface area (Å²) in [7, 11) is 1.38. The lowest BCUT2D eigenvalue weighted by atomic mass is 9.85. The van der Waals surface area contributed by atoms with Crippen molar-refractivity contribution in [2.75, 3.05) is 30.8 Å². The quantitative estimate of drug-likeness (QED) is 0.729. The highest BCUT2D eigenvalue weighted by Crippen LogP contribution is 2.26. The number of aromatic nitrogens is 2. The van der Waals surface area contributed by atoms with Gasteiger partial charge in [0.2, 0.25) is 0 Å². The first-order chi connectivity index (χ1) is 9.28. The Morgan fingerprint density at radius 2 is 2.11 bits per heavy atom. The Hall–Kier alpha value is -1.85. The standard InChI is InChI=1S/C13H20N4O2/c1-19-13(18)5-6-14-11-7-12(17-9-16-11)15-8-10-3-2-4-10/h7,9-10H,2-6,8H2,1H3,(H2,14,15,16,17). The van der Waals surface area contributed by atoms with Crippen LogP contribution in [0.1, 0.15) is 25.7 Å². The lowest BCUT2D eigenvalue weighted by Gasteiger charge is -2.25.